The first-order chi connectivity index (χ1) is 21.3. The summed E-state index contributed by atoms with van der Waals surface area (Å²) in [5, 5.41) is 18.5. The van der Waals surface area contributed by atoms with Crippen molar-refractivity contribution in [2.24, 2.45) is 5.92 Å². The zero-order valence-electron chi connectivity index (χ0n) is 25.2. The number of carboxylic acids is 2. The highest BCUT2D eigenvalue weighted by molar-refractivity contribution is 5.88. The lowest BCUT2D eigenvalue weighted by Crippen LogP contribution is -2.46. The molecule has 1 fully saturated rings. The fourth-order valence-corrected chi connectivity index (χ4v) is 5.27. The van der Waals surface area contributed by atoms with Crippen LogP contribution >= 0.6 is 0 Å². The molecule has 2 atom stereocenters. The lowest BCUT2D eigenvalue weighted by Gasteiger charge is -2.30. The molecule has 0 aliphatic carbocycles. The molecule has 1 aliphatic heterocycles. The average Bonchev–Trinajstić information content (AvgIpc) is 3.03. The number of carboxylic acid groups (broad SMARTS) is 2. The fraction of sp³-hybridized carbons (Fsp3) is 0.361. The molecule has 1 saturated heterocycles. The van der Waals surface area contributed by atoms with Crippen LogP contribution in [0.15, 0.2) is 78.9 Å². The smallest absolute Gasteiger partial charge is 0.335 e. The van der Waals surface area contributed by atoms with Gasteiger partial charge in [-0.3, -0.25) is 4.79 Å². The van der Waals surface area contributed by atoms with Crippen LogP contribution in [0, 0.1) is 5.92 Å². The van der Waals surface area contributed by atoms with Crippen LogP contribution in [0.3, 0.4) is 0 Å². The van der Waals surface area contributed by atoms with E-state index in [2.05, 4.69) is 12.2 Å². The molecule has 2 unspecified atom stereocenters. The highest BCUT2D eigenvalue weighted by atomic mass is 16.5. The SMILES string of the molecule is CC1OCCN(CCCCCOc2ccccc2C=CC(CCc2ccc(C(=O)O)cc2)Cc2ccc(C(=O)O)cc2)C1=O. The number of aromatic carboxylic acids is 2. The summed E-state index contributed by atoms with van der Waals surface area (Å²) in [6.07, 6.45) is 9.04. The predicted octanol–water partition coefficient (Wildman–Crippen LogP) is 6.38. The Balaban J connectivity index is 1.35. The summed E-state index contributed by atoms with van der Waals surface area (Å²) in [6, 6.07) is 21.9. The first-order valence-corrected chi connectivity index (χ1v) is 15.2. The molecular weight excluding hydrogens is 558 g/mol. The molecule has 4 rings (SSSR count). The summed E-state index contributed by atoms with van der Waals surface area (Å²) in [7, 11) is 0. The van der Waals surface area contributed by atoms with Crippen molar-refractivity contribution in [1.82, 2.24) is 4.90 Å². The van der Waals surface area contributed by atoms with Gasteiger partial charge in [-0.25, -0.2) is 9.59 Å². The van der Waals surface area contributed by atoms with Gasteiger partial charge in [0, 0.05) is 18.7 Å². The molecule has 0 radical (unpaired) electrons. The Kier molecular flexibility index (Phi) is 12.1. The van der Waals surface area contributed by atoms with E-state index in [1.54, 1.807) is 31.2 Å². The van der Waals surface area contributed by atoms with E-state index in [-0.39, 0.29) is 29.1 Å². The molecule has 3 aromatic carbocycles. The standard InChI is InChI=1S/C36H41NO7/c1-26-34(38)37(22-24-43-26)21-5-2-6-23-44-33-8-4-3-7-30(33)16-13-28(25-29-14-19-32(20-15-29)36(41)42)10-9-27-11-17-31(18-12-27)35(39)40/h3-4,7-8,11-20,26,28H,2,5-6,9-10,21-25H2,1H3,(H,39,40)(H,41,42). The maximum atomic E-state index is 12.2. The first kappa shape index (κ1) is 32.5. The minimum Gasteiger partial charge on any atom is -0.493 e. The van der Waals surface area contributed by atoms with Gasteiger partial charge in [-0.15, -0.1) is 0 Å². The van der Waals surface area contributed by atoms with Crippen molar-refractivity contribution in [3.8, 4) is 5.75 Å². The number of morpholine rings is 1. The second-order valence-electron chi connectivity index (χ2n) is 11.2. The molecule has 1 amide bonds. The average molecular weight is 600 g/mol. The number of carbonyl (C=O) groups is 3. The van der Waals surface area contributed by atoms with Crippen molar-refractivity contribution in [1.29, 1.82) is 0 Å². The maximum Gasteiger partial charge on any atom is 0.335 e. The zero-order valence-corrected chi connectivity index (χ0v) is 25.2. The summed E-state index contributed by atoms with van der Waals surface area (Å²) in [5.41, 5.74) is 3.61. The fourth-order valence-electron chi connectivity index (χ4n) is 5.27. The molecule has 3 aromatic rings. The molecule has 0 saturated carbocycles. The van der Waals surface area contributed by atoms with Gasteiger partial charge in [0.05, 0.1) is 24.3 Å². The molecule has 8 nitrogen and oxygen atoms in total. The van der Waals surface area contributed by atoms with Crippen LogP contribution in [0.1, 0.15) is 70.0 Å². The van der Waals surface area contributed by atoms with Crippen molar-refractivity contribution in [2.75, 3.05) is 26.3 Å². The summed E-state index contributed by atoms with van der Waals surface area (Å²) in [5.74, 6) is -0.850. The minimum atomic E-state index is -0.948. The van der Waals surface area contributed by atoms with Crippen molar-refractivity contribution >= 4 is 23.9 Å². The summed E-state index contributed by atoms with van der Waals surface area (Å²) >= 11 is 0. The molecule has 8 heteroatoms. The Morgan fingerprint density at radius 2 is 1.59 bits per heavy atom. The third kappa shape index (κ3) is 9.81. The normalized spacial score (nSPS) is 15.8. The highest BCUT2D eigenvalue weighted by Crippen LogP contribution is 2.24. The second kappa shape index (κ2) is 16.4. The van der Waals surface area contributed by atoms with Gasteiger partial charge in [0.15, 0.2) is 0 Å². The van der Waals surface area contributed by atoms with Crippen LogP contribution in [0.25, 0.3) is 6.08 Å². The quantitative estimate of drug-likeness (QED) is 0.184. The van der Waals surface area contributed by atoms with Crippen molar-refractivity contribution in [3.63, 3.8) is 0 Å². The number of benzene rings is 3. The monoisotopic (exact) mass is 599 g/mol. The number of rotatable bonds is 16. The van der Waals surface area contributed by atoms with Crippen LogP contribution in [-0.2, 0) is 22.4 Å². The summed E-state index contributed by atoms with van der Waals surface area (Å²) < 4.78 is 11.6. The van der Waals surface area contributed by atoms with E-state index in [0.717, 1.165) is 67.5 Å². The van der Waals surface area contributed by atoms with Gasteiger partial charge < -0.3 is 24.6 Å². The minimum absolute atomic E-state index is 0.0693. The van der Waals surface area contributed by atoms with E-state index >= 15 is 0 Å². The van der Waals surface area contributed by atoms with Gasteiger partial charge in [-0.1, -0.05) is 54.6 Å². The molecule has 0 bridgehead atoms. The predicted molar refractivity (Wildman–Crippen MR) is 169 cm³/mol. The molecule has 0 spiro atoms. The zero-order chi connectivity index (χ0) is 31.3. The largest absolute Gasteiger partial charge is 0.493 e. The van der Waals surface area contributed by atoms with Crippen LogP contribution in [0.4, 0.5) is 0 Å². The number of para-hydroxylation sites is 1. The molecule has 0 aromatic heterocycles. The topological polar surface area (TPSA) is 113 Å². The van der Waals surface area contributed by atoms with E-state index in [1.165, 1.54) is 0 Å². The molecule has 1 heterocycles. The van der Waals surface area contributed by atoms with E-state index in [1.807, 2.05) is 53.4 Å². The van der Waals surface area contributed by atoms with Gasteiger partial charge in [0.1, 0.15) is 11.9 Å². The lowest BCUT2D eigenvalue weighted by atomic mass is 9.91. The number of hydrogen-bond donors (Lipinski definition) is 2. The number of unbranched alkanes of at least 4 members (excludes halogenated alkanes) is 2. The van der Waals surface area contributed by atoms with Crippen LogP contribution in [0.2, 0.25) is 0 Å². The van der Waals surface area contributed by atoms with Crippen LogP contribution in [-0.4, -0.2) is 65.4 Å². The second-order valence-corrected chi connectivity index (χ2v) is 11.2. The van der Waals surface area contributed by atoms with Gasteiger partial charge in [-0.2, -0.15) is 0 Å². The number of allylic oxidation sites excluding steroid dienone is 1. The highest BCUT2D eigenvalue weighted by Gasteiger charge is 2.25. The Morgan fingerprint density at radius 3 is 2.27 bits per heavy atom. The summed E-state index contributed by atoms with van der Waals surface area (Å²) in [4.78, 5) is 36.6. The molecular formula is C36H41NO7. The van der Waals surface area contributed by atoms with Crippen molar-refractivity contribution in [3.05, 3.63) is 107 Å². The van der Waals surface area contributed by atoms with E-state index in [4.69, 9.17) is 9.47 Å². The van der Waals surface area contributed by atoms with Crippen LogP contribution < -0.4 is 4.74 Å². The van der Waals surface area contributed by atoms with Gasteiger partial charge in [-0.05, 0) is 92.8 Å². The Bertz CT molecular complexity index is 1420. The molecule has 232 valence electrons. The number of nitrogens with zero attached hydrogens (tertiary/aromatic N) is 1. The third-order valence-electron chi connectivity index (χ3n) is 7.89. The third-order valence-corrected chi connectivity index (χ3v) is 7.89. The molecule has 44 heavy (non-hydrogen) atoms. The first-order valence-electron chi connectivity index (χ1n) is 15.2. The van der Waals surface area contributed by atoms with Crippen molar-refractivity contribution < 1.29 is 34.1 Å². The Morgan fingerprint density at radius 1 is 0.932 bits per heavy atom. The number of hydrogen-bond acceptors (Lipinski definition) is 5. The van der Waals surface area contributed by atoms with Gasteiger partial charge in [0.25, 0.3) is 5.91 Å². The Hall–Kier alpha value is -4.43. The number of carbonyl (C=O) groups excluding carboxylic acids is 1. The van der Waals surface area contributed by atoms with Crippen molar-refractivity contribution in [2.45, 2.75) is 51.6 Å². The van der Waals surface area contributed by atoms with Gasteiger partial charge in [0.2, 0.25) is 0 Å². The van der Waals surface area contributed by atoms with E-state index in [0.29, 0.717) is 19.8 Å². The van der Waals surface area contributed by atoms with Gasteiger partial charge >= 0.3 is 11.9 Å². The van der Waals surface area contributed by atoms with Crippen LogP contribution in [0.5, 0.6) is 5.75 Å². The Labute approximate surface area is 258 Å². The maximum absolute atomic E-state index is 12.2. The summed E-state index contributed by atoms with van der Waals surface area (Å²) in [6.45, 7) is 4.39. The number of amides is 1. The van der Waals surface area contributed by atoms with E-state index < -0.39 is 11.9 Å². The number of ether oxygens (including phenoxy) is 2. The number of aryl methyl sites for hydroxylation is 1. The molecule has 1 aliphatic rings. The molecule has 2 N–H and O–H groups in total. The van der Waals surface area contributed by atoms with E-state index in [9.17, 15) is 24.6 Å². The lowest BCUT2D eigenvalue weighted by molar-refractivity contribution is -0.151.